The van der Waals surface area contributed by atoms with Crippen LogP contribution in [0.2, 0.25) is 0 Å². The largest absolute Gasteiger partial charge is 0.327 e. The van der Waals surface area contributed by atoms with E-state index in [4.69, 9.17) is 5.73 Å². The summed E-state index contributed by atoms with van der Waals surface area (Å²) in [6, 6.07) is 6.67. The summed E-state index contributed by atoms with van der Waals surface area (Å²) in [6.07, 6.45) is 2.08. The van der Waals surface area contributed by atoms with Crippen LogP contribution in [-0.2, 0) is 25.8 Å². The van der Waals surface area contributed by atoms with Gasteiger partial charge in [-0.3, -0.25) is 4.68 Å². The van der Waals surface area contributed by atoms with Gasteiger partial charge < -0.3 is 5.73 Å². The van der Waals surface area contributed by atoms with Crippen LogP contribution in [0.3, 0.4) is 0 Å². The van der Waals surface area contributed by atoms with E-state index in [0.717, 1.165) is 28.8 Å². The van der Waals surface area contributed by atoms with Crippen LogP contribution in [0.5, 0.6) is 0 Å². The minimum Gasteiger partial charge on any atom is -0.327 e. The molecule has 0 aliphatic heterocycles. The van der Waals surface area contributed by atoms with Crippen molar-refractivity contribution in [3.8, 4) is 0 Å². The first kappa shape index (κ1) is 16.2. The summed E-state index contributed by atoms with van der Waals surface area (Å²) in [5.41, 5.74) is 9.03. The summed E-state index contributed by atoms with van der Waals surface area (Å²) in [5.74, 6) is -0.190. The predicted molar refractivity (Wildman–Crippen MR) is 86.8 cm³/mol. The molecule has 114 valence electrons. The van der Waals surface area contributed by atoms with Gasteiger partial charge >= 0.3 is 0 Å². The van der Waals surface area contributed by atoms with Crippen molar-refractivity contribution in [1.82, 2.24) is 9.78 Å². The van der Waals surface area contributed by atoms with Gasteiger partial charge in [-0.2, -0.15) is 5.10 Å². The molecule has 1 aromatic heterocycles. The highest BCUT2D eigenvalue weighted by Crippen LogP contribution is 2.24. The topological polar surface area (TPSA) is 43.8 Å². The number of halogens is 2. The van der Waals surface area contributed by atoms with Gasteiger partial charge in [0.2, 0.25) is 0 Å². The molecule has 2 N–H and O–H groups in total. The summed E-state index contributed by atoms with van der Waals surface area (Å²) in [5, 5.41) is 4.56. The van der Waals surface area contributed by atoms with Gasteiger partial charge in [0.1, 0.15) is 5.82 Å². The van der Waals surface area contributed by atoms with Crippen molar-refractivity contribution in [2.75, 3.05) is 0 Å². The van der Waals surface area contributed by atoms with Crippen molar-refractivity contribution in [3.05, 3.63) is 51.5 Å². The molecule has 1 aromatic carbocycles. The zero-order chi connectivity index (χ0) is 15.4. The van der Waals surface area contributed by atoms with Crippen LogP contribution >= 0.6 is 15.9 Å². The molecule has 1 atom stereocenters. The van der Waals surface area contributed by atoms with Crippen molar-refractivity contribution in [2.24, 2.45) is 5.73 Å². The highest BCUT2D eigenvalue weighted by Gasteiger charge is 2.17. The van der Waals surface area contributed by atoms with Gasteiger partial charge in [0.15, 0.2) is 0 Å². The highest BCUT2D eigenvalue weighted by molar-refractivity contribution is 9.10. The third kappa shape index (κ3) is 3.71. The number of hydrogen-bond acceptors (Lipinski definition) is 2. The fourth-order valence-electron chi connectivity index (χ4n) is 2.48. The fourth-order valence-corrected chi connectivity index (χ4v) is 3.21. The van der Waals surface area contributed by atoms with Crippen molar-refractivity contribution in [2.45, 2.75) is 45.7 Å². The third-order valence-corrected chi connectivity index (χ3v) is 4.50. The van der Waals surface area contributed by atoms with Gasteiger partial charge in [-0.15, -0.1) is 0 Å². The highest BCUT2D eigenvalue weighted by atomic mass is 79.9. The number of rotatable bonds is 6. The molecule has 0 bridgehead atoms. The molecular formula is C16H21BrFN3. The second kappa shape index (κ2) is 7.18. The van der Waals surface area contributed by atoms with Gasteiger partial charge in [0, 0.05) is 19.0 Å². The number of benzene rings is 1. The van der Waals surface area contributed by atoms with E-state index in [1.807, 2.05) is 10.7 Å². The monoisotopic (exact) mass is 353 g/mol. The molecule has 1 unspecified atom stereocenters. The molecular weight excluding hydrogens is 333 g/mol. The van der Waals surface area contributed by atoms with Crippen molar-refractivity contribution < 1.29 is 4.39 Å². The molecule has 0 saturated heterocycles. The van der Waals surface area contributed by atoms with Gasteiger partial charge in [-0.05, 0) is 47.3 Å². The maximum atomic E-state index is 13.7. The van der Waals surface area contributed by atoms with Crippen molar-refractivity contribution in [1.29, 1.82) is 0 Å². The van der Waals surface area contributed by atoms with E-state index >= 15 is 0 Å². The average Bonchev–Trinajstić information content (AvgIpc) is 2.77. The van der Waals surface area contributed by atoms with Gasteiger partial charge in [-0.25, -0.2) is 4.39 Å². The van der Waals surface area contributed by atoms with Crippen LogP contribution in [0.1, 0.15) is 30.8 Å². The zero-order valence-electron chi connectivity index (χ0n) is 12.4. The predicted octanol–water partition coefficient (Wildman–Crippen LogP) is 3.48. The lowest BCUT2D eigenvalue weighted by Gasteiger charge is -2.13. The summed E-state index contributed by atoms with van der Waals surface area (Å²) in [4.78, 5) is 0. The number of nitrogens with zero attached hydrogens (tertiary/aromatic N) is 2. The van der Waals surface area contributed by atoms with Crippen LogP contribution in [0, 0.1) is 5.82 Å². The lowest BCUT2D eigenvalue weighted by molar-refractivity contribution is 0.555. The minimum atomic E-state index is -0.190. The van der Waals surface area contributed by atoms with Crippen LogP contribution in [0.15, 0.2) is 28.7 Å². The number of hydrogen-bond donors (Lipinski definition) is 1. The average molecular weight is 354 g/mol. The van der Waals surface area contributed by atoms with E-state index < -0.39 is 0 Å². The molecule has 0 radical (unpaired) electrons. The molecule has 2 aromatic rings. The Balaban J connectivity index is 2.14. The Bertz CT molecular complexity index is 610. The third-order valence-electron chi connectivity index (χ3n) is 3.59. The van der Waals surface area contributed by atoms with Crippen molar-refractivity contribution in [3.63, 3.8) is 0 Å². The lowest BCUT2D eigenvalue weighted by Crippen LogP contribution is -2.27. The van der Waals surface area contributed by atoms with Gasteiger partial charge in [0.25, 0.3) is 0 Å². The maximum absolute atomic E-state index is 13.7. The molecule has 1 heterocycles. The molecule has 0 aliphatic carbocycles. The van der Waals surface area contributed by atoms with Crippen molar-refractivity contribution >= 4 is 15.9 Å². The Hall–Kier alpha value is -1.20. The quantitative estimate of drug-likeness (QED) is 0.863. The number of aryl methyl sites for hydroxylation is 2. The standard InChI is InChI=1S/C16H21BrFN3/c1-3-14-16(17)15(21(4-2)20-14)10-12(19)9-11-7-5-6-8-13(11)18/h5-8,12H,3-4,9-10,19H2,1-2H3. The molecule has 0 spiro atoms. The minimum absolute atomic E-state index is 0.134. The van der Waals surface area contributed by atoms with E-state index in [-0.39, 0.29) is 11.9 Å². The van der Waals surface area contributed by atoms with Gasteiger partial charge in [0.05, 0.1) is 15.9 Å². The fraction of sp³-hybridized carbons (Fsp3) is 0.438. The SMILES string of the molecule is CCc1nn(CC)c(CC(N)Cc2ccccc2F)c1Br. The summed E-state index contributed by atoms with van der Waals surface area (Å²) >= 11 is 3.62. The molecule has 0 fully saturated rings. The summed E-state index contributed by atoms with van der Waals surface area (Å²) < 4.78 is 16.7. The maximum Gasteiger partial charge on any atom is 0.126 e. The summed E-state index contributed by atoms with van der Waals surface area (Å²) in [7, 11) is 0. The van der Waals surface area contributed by atoms with E-state index in [2.05, 4.69) is 34.9 Å². The second-order valence-corrected chi connectivity index (χ2v) is 5.93. The Morgan fingerprint density at radius 2 is 2.00 bits per heavy atom. The Morgan fingerprint density at radius 3 is 2.62 bits per heavy atom. The zero-order valence-corrected chi connectivity index (χ0v) is 14.0. The van der Waals surface area contributed by atoms with E-state index in [0.29, 0.717) is 18.4 Å². The normalized spacial score (nSPS) is 12.6. The van der Waals surface area contributed by atoms with E-state index in [9.17, 15) is 4.39 Å². The van der Waals surface area contributed by atoms with Crippen LogP contribution < -0.4 is 5.73 Å². The molecule has 0 aliphatic rings. The number of aromatic nitrogens is 2. The molecule has 0 saturated carbocycles. The first-order chi connectivity index (χ1) is 10.1. The Kier molecular flexibility index (Phi) is 5.53. The molecule has 0 amide bonds. The molecule has 5 heteroatoms. The molecule has 2 rings (SSSR count). The second-order valence-electron chi connectivity index (χ2n) is 5.14. The summed E-state index contributed by atoms with van der Waals surface area (Å²) in [6.45, 7) is 4.95. The number of nitrogens with two attached hydrogens (primary N) is 1. The van der Waals surface area contributed by atoms with Crippen LogP contribution in [0.25, 0.3) is 0 Å². The Morgan fingerprint density at radius 1 is 1.29 bits per heavy atom. The van der Waals surface area contributed by atoms with E-state index in [1.165, 1.54) is 6.07 Å². The van der Waals surface area contributed by atoms with Crippen LogP contribution in [0.4, 0.5) is 4.39 Å². The molecule has 3 nitrogen and oxygen atoms in total. The smallest absolute Gasteiger partial charge is 0.126 e. The first-order valence-corrected chi connectivity index (χ1v) is 8.09. The van der Waals surface area contributed by atoms with Crippen LogP contribution in [-0.4, -0.2) is 15.8 Å². The molecule has 21 heavy (non-hydrogen) atoms. The van der Waals surface area contributed by atoms with E-state index in [1.54, 1.807) is 12.1 Å². The van der Waals surface area contributed by atoms with Gasteiger partial charge in [-0.1, -0.05) is 25.1 Å². The first-order valence-electron chi connectivity index (χ1n) is 7.29. The lowest BCUT2D eigenvalue weighted by atomic mass is 10.0. The Labute approximate surface area is 133 Å².